The molecule has 0 radical (unpaired) electrons. The van der Waals surface area contributed by atoms with Crippen LogP contribution in [0.25, 0.3) is 0 Å². The molecule has 0 bridgehead atoms. The van der Waals surface area contributed by atoms with Crippen LogP contribution in [0.2, 0.25) is 0 Å². The zero-order chi connectivity index (χ0) is 7.30. The molecule has 1 saturated heterocycles. The topological polar surface area (TPSA) is 46.3 Å². The van der Waals surface area contributed by atoms with E-state index in [1.807, 2.05) is 0 Å². The summed E-state index contributed by atoms with van der Waals surface area (Å²) >= 11 is 0. The lowest BCUT2D eigenvalue weighted by molar-refractivity contribution is -0.119. The molecule has 3 atom stereocenters. The standard InChI is InChI=1S/C6H11N2OP/c7-6(9)5-3-1-8(10)2-4(3)5/h3-5H,1-2,10H2,(H2,7,9). The maximum atomic E-state index is 10.7. The smallest absolute Gasteiger partial charge is 0.221 e. The molecule has 3 nitrogen and oxygen atoms in total. The summed E-state index contributed by atoms with van der Waals surface area (Å²) in [6.45, 7) is 2.06. The van der Waals surface area contributed by atoms with Gasteiger partial charge in [-0.1, -0.05) is 9.39 Å². The summed E-state index contributed by atoms with van der Waals surface area (Å²) in [5, 5.41) is 0. The Kier molecular flexibility index (Phi) is 1.26. The first-order valence-electron chi connectivity index (χ1n) is 3.49. The van der Waals surface area contributed by atoms with Crippen molar-refractivity contribution in [1.29, 1.82) is 0 Å². The Morgan fingerprint density at radius 1 is 1.50 bits per heavy atom. The summed E-state index contributed by atoms with van der Waals surface area (Å²) < 4.78 is 2.18. The molecule has 0 aromatic heterocycles. The van der Waals surface area contributed by atoms with Gasteiger partial charge in [-0.25, -0.2) is 0 Å². The first kappa shape index (κ1) is 6.56. The second-order valence-electron chi connectivity index (χ2n) is 3.21. The molecule has 0 aromatic carbocycles. The monoisotopic (exact) mass is 158 g/mol. The number of rotatable bonds is 1. The first-order valence-corrected chi connectivity index (χ1v) is 4.01. The number of carbonyl (C=O) groups is 1. The zero-order valence-electron chi connectivity index (χ0n) is 5.66. The Morgan fingerprint density at radius 3 is 2.40 bits per heavy atom. The molecular weight excluding hydrogens is 147 g/mol. The van der Waals surface area contributed by atoms with E-state index in [0.29, 0.717) is 11.8 Å². The van der Waals surface area contributed by atoms with Gasteiger partial charge in [0, 0.05) is 19.0 Å². The highest BCUT2D eigenvalue weighted by Crippen LogP contribution is 2.52. The van der Waals surface area contributed by atoms with Crippen molar-refractivity contribution in [2.75, 3.05) is 13.1 Å². The van der Waals surface area contributed by atoms with E-state index in [1.165, 1.54) is 0 Å². The van der Waals surface area contributed by atoms with Crippen molar-refractivity contribution in [2.45, 2.75) is 0 Å². The van der Waals surface area contributed by atoms with E-state index < -0.39 is 0 Å². The van der Waals surface area contributed by atoms with Gasteiger partial charge in [0.2, 0.25) is 5.91 Å². The molecular formula is C6H11N2OP. The largest absolute Gasteiger partial charge is 0.369 e. The molecule has 3 unspecified atom stereocenters. The van der Waals surface area contributed by atoms with Crippen LogP contribution >= 0.6 is 9.39 Å². The third-order valence-electron chi connectivity index (χ3n) is 2.55. The maximum Gasteiger partial charge on any atom is 0.221 e. The van der Waals surface area contributed by atoms with Gasteiger partial charge in [-0.3, -0.25) is 9.46 Å². The fourth-order valence-electron chi connectivity index (χ4n) is 1.98. The number of nitrogens with zero attached hydrogens (tertiary/aromatic N) is 1. The van der Waals surface area contributed by atoms with Crippen molar-refractivity contribution in [3.63, 3.8) is 0 Å². The molecule has 2 aliphatic rings. The lowest BCUT2D eigenvalue weighted by Gasteiger charge is -2.10. The quantitative estimate of drug-likeness (QED) is 0.520. The molecule has 4 heteroatoms. The summed E-state index contributed by atoms with van der Waals surface area (Å²) in [7, 11) is 2.66. The molecule has 2 fully saturated rings. The zero-order valence-corrected chi connectivity index (χ0v) is 6.81. The molecule has 0 spiro atoms. The van der Waals surface area contributed by atoms with E-state index in [1.54, 1.807) is 0 Å². The Morgan fingerprint density at radius 2 is 2.00 bits per heavy atom. The van der Waals surface area contributed by atoms with Crippen LogP contribution in [-0.4, -0.2) is 23.7 Å². The molecule has 1 heterocycles. The molecule has 1 aliphatic heterocycles. The maximum absolute atomic E-state index is 10.7. The van der Waals surface area contributed by atoms with Crippen molar-refractivity contribution >= 4 is 15.3 Å². The van der Waals surface area contributed by atoms with Crippen LogP contribution in [-0.2, 0) is 4.79 Å². The number of amides is 1. The minimum absolute atomic E-state index is 0.104. The van der Waals surface area contributed by atoms with E-state index in [2.05, 4.69) is 14.1 Å². The molecule has 56 valence electrons. The van der Waals surface area contributed by atoms with E-state index in [0.717, 1.165) is 13.1 Å². The summed E-state index contributed by atoms with van der Waals surface area (Å²) in [4.78, 5) is 10.7. The minimum atomic E-state index is -0.104. The summed E-state index contributed by atoms with van der Waals surface area (Å²) in [5.74, 6) is 1.26. The fourth-order valence-corrected chi connectivity index (χ4v) is 2.47. The number of fused-ring (bicyclic) bond motifs is 1. The molecule has 2 rings (SSSR count). The van der Waals surface area contributed by atoms with Gasteiger partial charge in [-0.15, -0.1) is 0 Å². The van der Waals surface area contributed by atoms with Gasteiger partial charge in [-0.05, 0) is 11.8 Å². The Bertz CT molecular complexity index is 173. The summed E-state index contributed by atoms with van der Waals surface area (Å²) in [6, 6.07) is 0. The predicted molar refractivity (Wildman–Crippen MR) is 40.9 cm³/mol. The normalized spacial score (nSPS) is 45.1. The number of hydrogen-bond donors (Lipinski definition) is 1. The molecule has 0 aromatic rings. The van der Waals surface area contributed by atoms with Crippen molar-refractivity contribution in [3.8, 4) is 0 Å². The Labute approximate surface area is 62.2 Å². The Balaban J connectivity index is 1.98. The Hall–Kier alpha value is -0.140. The highest BCUT2D eigenvalue weighted by molar-refractivity contribution is 7.13. The van der Waals surface area contributed by atoms with E-state index in [4.69, 9.17) is 5.73 Å². The van der Waals surface area contributed by atoms with Crippen molar-refractivity contribution in [2.24, 2.45) is 23.5 Å². The van der Waals surface area contributed by atoms with Crippen LogP contribution in [0.1, 0.15) is 0 Å². The van der Waals surface area contributed by atoms with E-state index in [-0.39, 0.29) is 11.8 Å². The van der Waals surface area contributed by atoms with Gasteiger partial charge in [-0.2, -0.15) is 0 Å². The molecule has 10 heavy (non-hydrogen) atoms. The molecule has 1 aliphatic carbocycles. The van der Waals surface area contributed by atoms with Gasteiger partial charge in [0.1, 0.15) is 0 Å². The molecule has 1 saturated carbocycles. The summed E-state index contributed by atoms with van der Waals surface area (Å²) in [5.41, 5.74) is 5.17. The third-order valence-corrected chi connectivity index (χ3v) is 2.97. The highest BCUT2D eigenvalue weighted by atomic mass is 31.0. The van der Waals surface area contributed by atoms with Gasteiger partial charge >= 0.3 is 0 Å². The molecule has 2 N–H and O–H groups in total. The lowest BCUT2D eigenvalue weighted by Crippen LogP contribution is -2.22. The van der Waals surface area contributed by atoms with Crippen LogP contribution < -0.4 is 5.73 Å². The van der Waals surface area contributed by atoms with Crippen molar-refractivity contribution in [1.82, 2.24) is 4.67 Å². The SMILES string of the molecule is NC(=O)C1C2CN(P)CC21. The van der Waals surface area contributed by atoms with Gasteiger partial charge in [0.25, 0.3) is 0 Å². The van der Waals surface area contributed by atoms with Crippen LogP contribution in [0.3, 0.4) is 0 Å². The fraction of sp³-hybridized carbons (Fsp3) is 0.833. The molecule has 1 amide bonds. The number of piperidine rings is 1. The number of hydrogen-bond acceptors (Lipinski definition) is 2. The minimum Gasteiger partial charge on any atom is -0.369 e. The summed E-state index contributed by atoms with van der Waals surface area (Å²) in [6.07, 6.45) is 0. The highest BCUT2D eigenvalue weighted by Gasteiger charge is 2.57. The van der Waals surface area contributed by atoms with Crippen LogP contribution in [0.15, 0.2) is 0 Å². The van der Waals surface area contributed by atoms with Crippen LogP contribution in [0, 0.1) is 17.8 Å². The van der Waals surface area contributed by atoms with E-state index in [9.17, 15) is 4.79 Å². The first-order chi connectivity index (χ1) is 4.70. The average Bonchev–Trinajstić information content (AvgIpc) is 2.32. The predicted octanol–water partition coefficient (Wildman–Crippen LogP) is -0.560. The van der Waals surface area contributed by atoms with Gasteiger partial charge in [0.15, 0.2) is 0 Å². The average molecular weight is 158 g/mol. The van der Waals surface area contributed by atoms with Crippen LogP contribution in [0.4, 0.5) is 0 Å². The lowest BCUT2D eigenvalue weighted by atomic mass is 10.3. The van der Waals surface area contributed by atoms with Gasteiger partial charge in [0.05, 0.1) is 0 Å². The van der Waals surface area contributed by atoms with Gasteiger partial charge < -0.3 is 5.73 Å². The number of primary amides is 1. The van der Waals surface area contributed by atoms with Crippen molar-refractivity contribution in [3.05, 3.63) is 0 Å². The van der Waals surface area contributed by atoms with Crippen LogP contribution in [0.5, 0.6) is 0 Å². The second-order valence-corrected chi connectivity index (χ2v) is 3.94. The van der Waals surface area contributed by atoms with Crippen molar-refractivity contribution < 1.29 is 4.79 Å². The number of nitrogens with two attached hydrogens (primary N) is 1. The third kappa shape index (κ3) is 0.774. The number of carbonyl (C=O) groups excluding carboxylic acids is 1. The van der Waals surface area contributed by atoms with E-state index >= 15 is 0 Å². The second kappa shape index (κ2) is 1.93.